The quantitative estimate of drug-likeness (QED) is 0.871. The van der Waals surface area contributed by atoms with E-state index in [0.717, 1.165) is 5.56 Å². The van der Waals surface area contributed by atoms with Crippen molar-refractivity contribution in [2.75, 3.05) is 5.32 Å². The molecule has 19 heavy (non-hydrogen) atoms. The molecule has 0 saturated heterocycles. The number of aryl methyl sites for hydroxylation is 1. The zero-order valence-corrected chi connectivity index (χ0v) is 10.4. The maximum atomic E-state index is 12.0. The van der Waals surface area contributed by atoms with Gasteiger partial charge in [-0.1, -0.05) is 5.16 Å². The number of anilines is 1. The number of carboxylic acid groups (broad SMARTS) is 1. The summed E-state index contributed by atoms with van der Waals surface area (Å²) in [5.74, 6) is -1.23. The Kier molecular flexibility index (Phi) is 3.37. The lowest BCUT2D eigenvalue weighted by Crippen LogP contribution is -2.14. The first kappa shape index (κ1) is 12.9. The molecule has 0 unspecified atom stereocenters. The molecule has 0 atom stereocenters. The summed E-state index contributed by atoms with van der Waals surface area (Å²) < 4.78 is 9.94. The van der Waals surface area contributed by atoms with E-state index in [1.54, 1.807) is 13.8 Å². The van der Waals surface area contributed by atoms with Crippen LogP contribution in [0.2, 0.25) is 0 Å². The lowest BCUT2D eigenvalue weighted by molar-refractivity contribution is -0.136. The molecular formula is C12H12N2O5. The Morgan fingerprint density at radius 2 is 2.16 bits per heavy atom. The van der Waals surface area contributed by atoms with Crippen LogP contribution in [0.1, 0.15) is 27.4 Å². The molecule has 0 aromatic carbocycles. The van der Waals surface area contributed by atoms with Gasteiger partial charge in [0, 0.05) is 5.56 Å². The van der Waals surface area contributed by atoms with Crippen LogP contribution in [0.15, 0.2) is 21.3 Å². The summed E-state index contributed by atoms with van der Waals surface area (Å²) in [7, 11) is 0. The Bertz CT molecular complexity index is 626. The molecule has 0 aliphatic rings. The van der Waals surface area contributed by atoms with Crippen molar-refractivity contribution < 1.29 is 23.6 Å². The zero-order chi connectivity index (χ0) is 14.0. The van der Waals surface area contributed by atoms with Gasteiger partial charge in [-0.25, -0.2) is 0 Å². The fourth-order valence-corrected chi connectivity index (χ4v) is 1.52. The van der Waals surface area contributed by atoms with Gasteiger partial charge in [0.25, 0.3) is 5.91 Å². The van der Waals surface area contributed by atoms with E-state index >= 15 is 0 Å². The molecular weight excluding hydrogens is 252 g/mol. The first-order valence-electron chi connectivity index (χ1n) is 5.51. The number of aromatic nitrogens is 1. The van der Waals surface area contributed by atoms with Gasteiger partial charge < -0.3 is 14.0 Å². The van der Waals surface area contributed by atoms with E-state index in [1.807, 2.05) is 0 Å². The topological polar surface area (TPSA) is 106 Å². The van der Waals surface area contributed by atoms with Crippen LogP contribution in [-0.4, -0.2) is 22.1 Å². The second kappa shape index (κ2) is 4.97. The molecule has 0 spiro atoms. The number of hydrogen-bond acceptors (Lipinski definition) is 5. The Labute approximate surface area is 108 Å². The average Bonchev–Trinajstić information content (AvgIpc) is 2.90. The van der Waals surface area contributed by atoms with E-state index in [1.165, 1.54) is 12.3 Å². The summed E-state index contributed by atoms with van der Waals surface area (Å²) in [4.78, 5) is 22.6. The highest BCUT2D eigenvalue weighted by atomic mass is 16.5. The second-order valence-electron chi connectivity index (χ2n) is 4.00. The van der Waals surface area contributed by atoms with Gasteiger partial charge in [-0.05, 0) is 19.9 Å². The lowest BCUT2D eigenvalue weighted by atomic mass is 10.2. The number of carbonyl (C=O) groups excluding carboxylic acids is 1. The predicted octanol–water partition coefficient (Wildman–Crippen LogP) is 1.76. The third-order valence-corrected chi connectivity index (χ3v) is 2.69. The largest absolute Gasteiger partial charge is 0.481 e. The van der Waals surface area contributed by atoms with Crippen molar-refractivity contribution in [2.45, 2.75) is 20.3 Å². The number of rotatable bonds is 4. The van der Waals surface area contributed by atoms with Crippen molar-refractivity contribution in [1.82, 2.24) is 5.16 Å². The number of aliphatic carboxylic acids is 1. The third-order valence-electron chi connectivity index (χ3n) is 2.69. The Balaban J connectivity index is 2.19. The SMILES string of the molecule is Cc1noc(NC(=O)c2ccoc2CC(=O)O)c1C. The van der Waals surface area contributed by atoms with Crippen molar-refractivity contribution in [3.05, 3.63) is 34.9 Å². The van der Waals surface area contributed by atoms with Crippen molar-refractivity contribution in [1.29, 1.82) is 0 Å². The maximum absolute atomic E-state index is 12.0. The minimum absolute atomic E-state index is 0.0962. The number of furan rings is 1. The summed E-state index contributed by atoms with van der Waals surface area (Å²) >= 11 is 0. The minimum atomic E-state index is -1.07. The molecule has 0 radical (unpaired) electrons. The van der Waals surface area contributed by atoms with Crippen molar-refractivity contribution in [3.63, 3.8) is 0 Å². The van der Waals surface area contributed by atoms with Crippen molar-refractivity contribution in [3.8, 4) is 0 Å². The van der Waals surface area contributed by atoms with E-state index in [4.69, 9.17) is 14.0 Å². The summed E-state index contributed by atoms with van der Waals surface area (Å²) in [6, 6.07) is 1.41. The van der Waals surface area contributed by atoms with E-state index in [0.29, 0.717) is 5.69 Å². The van der Waals surface area contributed by atoms with Crippen LogP contribution >= 0.6 is 0 Å². The van der Waals surface area contributed by atoms with E-state index in [9.17, 15) is 9.59 Å². The lowest BCUT2D eigenvalue weighted by Gasteiger charge is -2.01. The van der Waals surface area contributed by atoms with Crippen molar-refractivity contribution >= 4 is 17.8 Å². The fraction of sp³-hybridized carbons (Fsp3) is 0.250. The smallest absolute Gasteiger partial charge is 0.311 e. The molecule has 7 heteroatoms. The van der Waals surface area contributed by atoms with Crippen LogP contribution in [-0.2, 0) is 11.2 Å². The molecule has 0 bridgehead atoms. The molecule has 2 aromatic heterocycles. The Morgan fingerprint density at radius 3 is 2.74 bits per heavy atom. The van der Waals surface area contributed by atoms with E-state index in [2.05, 4.69) is 10.5 Å². The molecule has 2 heterocycles. The van der Waals surface area contributed by atoms with Gasteiger partial charge in [0.2, 0.25) is 5.88 Å². The van der Waals surface area contributed by atoms with Gasteiger partial charge in [0.15, 0.2) is 0 Å². The fourth-order valence-electron chi connectivity index (χ4n) is 1.52. The molecule has 0 fully saturated rings. The van der Waals surface area contributed by atoms with Gasteiger partial charge in [-0.3, -0.25) is 14.9 Å². The zero-order valence-electron chi connectivity index (χ0n) is 10.4. The summed E-state index contributed by atoms with van der Waals surface area (Å²) in [6.45, 7) is 3.51. The average molecular weight is 264 g/mol. The highest BCUT2D eigenvalue weighted by Crippen LogP contribution is 2.19. The van der Waals surface area contributed by atoms with Gasteiger partial charge in [0.1, 0.15) is 12.2 Å². The number of carbonyl (C=O) groups is 2. The number of hydrogen-bond donors (Lipinski definition) is 2. The second-order valence-corrected chi connectivity index (χ2v) is 4.00. The number of amides is 1. The monoisotopic (exact) mass is 264 g/mol. The number of nitrogens with zero attached hydrogens (tertiary/aromatic N) is 1. The normalized spacial score (nSPS) is 10.4. The van der Waals surface area contributed by atoms with Gasteiger partial charge in [0.05, 0.1) is 17.5 Å². The van der Waals surface area contributed by atoms with Gasteiger partial charge in [-0.15, -0.1) is 0 Å². The van der Waals surface area contributed by atoms with Crippen LogP contribution in [0, 0.1) is 13.8 Å². The minimum Gasteiger partial charge on any atom is -0.481 e. The van der Waals surface area contributed by atoms with Crippen LogP contribution in [0.4, 0.5) is 5.88 Å². The first-order chi connectivity index (χ1) is 8.99. The third kappa shape index (κ3) is 2.65. The Morgan fingerprint density at radius 1 is 1.42 bits per heavy atom. The highest BCUT2D eigenvalue weighted by molar-refractivity contribution is 6.05. The number of nitrogens with one attached hydrogen (secondary N) is 1. The van der Waals surface area contributed by atoms with Gasteiger partial charge >= 0.3 is 5.97 Å². The molecule has 0 aliphatic carbocycles. The van der Waals surface area contributed by atoms with Crippen LogP contribution in [0.5, 0.6) is 0 Å². The van der Waals surface area contributed by atoms with Crippen LogP contribution < -0.4 is 5.32 Å². The molecule has 100 valence electrons. The first-order valence-corrected chi connectivity index (χ1v) is 5.51. The summed E-state index contributed by atoms with van der Waals surface area (Å²) in [6.07, 6.45) is 0.913. The summed E-state index contributed by atoms with van der Waals surface area (Å²) in [5.41, 5.74) is 1.56. The molecule has 0 aliphatic heterocycles. The molecule has 0 saturated carbocycles. The van der Waals surface area contributed by atoms with Gasteiger partial charge in [-0.2, -0.15) is 0 Å². The van der Waals surface area contributed by atoms with E-state index < -0.39 is 11.9 Å². The van der Waals surface area contributed by atoms with Crippen molar-refractivity contribution in [2.24, 2.45) is 0 Å². The maximum Gasteiger partial charge on any atom is 0.311 e. The number of carboxylic acids is 1. The Hall–Kier alpha value is -2.57. The standard InChI is InChI=1S/C12H12N2O5/c1-6-7(2)14-19-12(6)13-11(17)8-3-4-18-9(8)5-10(15)16/h3-4H,5H2,1-2H3,(H,13,17)(H,15,16). The van der Waals surface area contributed by atoms with Crippen LogP contribution in [0.25, 0.3) is 0 Å². The molecule has 7 nitrogen and oxygen atoms in total. The highest BCUT2D eigenvalue weighted by Gasteiger charge is 2.19. The molecule has 2 N–H and O–H groups in total. The molecule has 2 rings (SSSR count). The summed E-state index contributed by atoms with van der Waals surface area (Å²) in [5, 5.41) is 14.9. The molecule has 2 aromatic rings. The molecule has 1 amide bonds. The van der Waals surface area contributed by atoms with E-state index in [-0.39, 0.29) is 23.6 Å². The van der Waals surface area contributed by atoms with Crippen LogP contribution in [0.3, 0.4) is 0 Å². The predicted molar refractivity (Wildman–Crippen MR) is 64.0 cm³/mol.